The molecule has 0 aromatic carbocycles. The van der Waals surface area contributed by atoms with Crippen molar-refractivity contribution in [3.63, 3.8) is 0 Å². The minimum atomic E-state index is -3.34. The molecule has 7 heteroatoms. The Morgan fingerprint density at radius 2 is 2.15 bits per heavy atom. The number of hydrogen-bond acceptors (Lipinski definition) is 5. The standard InChI is InChI=1S/C6H6N4O2S/c1-13(11,12)6-7-2-4-3-8-10-5(4)9-6/h2-3H,1H3,(H,7,8,9,10). The highest BCUT2D eigenvalue weighted by Crippen LogP contribution is 2.08. The number of aromatic nitrogens is 4. The lowest BCUT2D eigenvalue weighted by atomic mass is 10.5. The molecule has 0 amide bonds. The minimum Gasteiger partial charge on any atom is -0.261 e. The molecule has 13 heavy (non-hydrogen) atoms. The van der Waals surface area contributed by atoms with Gasteiger partial charge in [-0.2, -0.15) is 10.1 Å². The average Bonchev–Trinajstić information content (AvgIpc) is 2.47. The molecule has 0 fully saturated rings. The van der Waals surface area contributed by atoms with E-state index in [1.165, 1.54) is 12.4 Å². The molecular formula is C6H6N4O2S. The summed E-state index contributed by atoms with van der Waals surface area (Å²) in [5, 5.41) is 6.77. The van der Waals surface area contributed by atoms with Crippen LogP contribution in [0.3, 0.4) is 0 Å². The lowest BCUT2D eigenvalue weighted by molar-refractivity contribution is 0.593. The van der Waals surface area contributed by atoms with Crippen LogP contribution in [0.4, 0.5) is 0 Å². The van der Waals surface area contributed by atoms with Gasteiger partial charge < -0.3 is 0 Å². The molecule has 2 aromatic rings. The molecule has 0 atom stereocenters. The van der Waals surface area contributed by atoms with Crippen LogP contribution in [0, 0.1) is 0 Å². The van der Waals surface area contributed by atoms with E-state index in [1.807, 2.05) is 0 Å². The lowest BCUT2D eigenvalue weighted by Gasteiger charge is -1.94. The van der Waals surface area contributed by atoms with Gasteiger partial charge in [-0.3, -0.25) is 5.10 Å². The molecule has 6 nitrogen and oxygen atoms in total. The van der Waals surface area contributed by atoms with Gasteiger partial charge in [0.2, 0.25) is 15.0 Å². The maximum absolute atomic E-state index is 11.0. The summed E-state index contributed by atoms with van der Waals surface area (Å²) in [6, 6.07) is 0. The fraction of sp³-hybridized carbons (Fsp3) is 0.167. The Labute approximate surface area is 73.9 Å². The third kappa shape index (κ3) is 1.37. The highest BCUT2D eigenvalue weighted by atomic mass is 32.2. The molecule has 2 aromatic heterocycles. The molecule has 0 radical (unpaired) electrons. The van der Waals surface area contributed by atoms with E-state index in [9.17, 15) is 8.42 Å². The Morgan fingerprint density at radius 3 is 2.85 bits per heavy atom. The summed E-state index contributed by atoms with van der Waals surface area (Å²) in [6.07, 6.45) is 4.01. The number of hydrogen-bond donors (Lipinski definition) is 1. The predicted molar refractivity (Wildman–Crippen MR) is 44.8 cm³/mol. The van der Waals surface area contributed by atoms with Gasteiger partial charge in [-0.1, -0.05) is 0 Å². The van der Waals surface area contributed by atoms with E-state index in [0.717, 1.165) is 6.26 Å². The van der Waals surface area contributed by atoms with Gasteiger partial charge in [-0.25, -0.2) is 13.4 Å². The van der Waals surface area contributed by atoms with E-state index in [4.69, 9.17) is 0 Å². The molecule has 68 valence electrons. The van der Waals surface area contributed by atoms with E-state index >= 15 is 0 Å². The summed E-state index contributed by atoms with van der Waals surface area (Å²) >= 11 is 0. The van der Waals surface area contributed by atoms with Crippen LogP contribution in [0.2, 0.25) is 0 Å². The molecular weight excluding hydrogens is 192 g/mol. The van der Waals surface area contributed by atoms with Crippen LogP contribution in [0.5, 0.6) is 0 Å². The maximum Gasteiger partial charge on any atom is 0.248 e. The Balaban J connectivity index is 2.75. The van der Waals surface area contributed by atoms with Crippen LogP contribution in [-0.4, -0.2) is 34.8 Å². The largest absolute Gasteiger partial charge is 0.261 e. The first-order valence-corrected chi connectivity index (χ1v) is 5.33. The van der Waals surface area contributed by atoms with Crippen LogP contribution in [0.25, 0.3) is 11.0 Å². The number of sulfone groups is 1. The number of H-pyrrole nitrogens is 1. The molecule has 0 aliphatic rings. The zero-order valence-electron chi connectivity index (χ0n) is 6.72. The van der Waals surface area contributed by atoms with E-state index in [2.05, 4.69) is 20.2 Å². The van der Waals surface area contributed by atoms with E-state index in [1.54, 1.807) is 0 Å². The molecule has 0 unspecified atom stereocenters. The Bertz CT molecular complexity index is 545. The van der Waals surface area contributed by atoms with Crippen LogP contribution in [0.15, 0.2) is 17.6 Å². The van der Waals surface area contributed by atoms with Crippen LogP contribution in [-0.2, 0) is 9.84 Å². The predicted octanol–water partition coefficient (Wildman–Crippen LogP) is -0.244. The van der Waals surface area contributed by atoms with Crippen LogP contribution < -0.4 is 0 Å². The van der Waals surface area contributed by atoms with Gasteiger partial charge in [0.05, 0.1) is 11.6 Å². The molecule has 0 saturated heterocycles. The van der Waals surface area contributed by atoms with Gasteiger partial charge in [-0.15, -0.1) is 0 Å². The van der Waals surface area contributed by atoms with Crippen molar-refractivity contribution < 1.29 is 8.42 Å². The second-order valence-corrected chi connectivity index (χ2v) is 4.51. The van der Waals surface area contributed by atoms with Crippen molar-refractivity contribution in [2.24, 2.45) is 0 Å². The molecule has 0 bridgehead atoms. The third-order valence-electron chi connectivity index (χ3n) is 1.50. The van der Waals surface area contributed by atoms with Gasteiger partial charge in [0, 0.05) is 12.5 Å². The quantitative estimate of drug-likeness (QED) is 0.638. The first-order valence-electron chi connectivity index (χ1n) is 3.43. The topological polar surface area (TPSA) is 88.6 Å². The van der Waals surface area contributed by atoms with Crippen molar-refractivity contribution in [3.05, 3.63) is 12.4 Å². The highest BCUT2D eigenvalue weighted by Gasteiger charge is 2.11. The molecule has 0 aliphatic heterocycles. The monoisotopic (exact) mass is 198 g/mol. The minimum absolute atomic E-state index is 0.191. The molecule has 2 heterocycles. The number of nitrogens with zero attached hydrogens (tertiary/aromatic N) is 3. The molecule has 2 rings (SSSR count). The van der Waals surface area contributed by atoms with E-state index in [-0.39, 0.29) is 5.16 Å². The number of nitrogens with one attached hydrogen (secondary N) is 1. The molecule has 0 spiro atoms. The number of fused-ring (bicyclic) bond motifs is 1. The second kappa shape index (κ2) is 2.49. The fourth-order valence-electron chi connectivity index (χ4n) is 0.901. The zero-order chi connectivity index (χ0) is 9.47. The van der Waals surface area contributed by atoms with Gasteiger partial charge in [0.15, 0.2) is 5.65 Å². The van der Waals surface area contributed by atoms with Gasteiger partial charge in [0.1, 0.15) is 0 Å². The van der Waals surface area contributed by atoms with Crippen molar-refractivity contribution >= 4 is 20.9 Å². The fourth-order valence-corrected chi connectivity index (χ4v) is 1.40. The normalized spacial score (nSPS) is 12.1. The van der Waals surface area contributed by atoms with Crippen molar-refractivity contribution in [1.29, 1.82) is 0 Å². The summed E-state index contributed by atoms with van der Waals surface area (Å²) in [7, 11) is -3.34. The Kier molecular flexibility index (Phi) is 1.56. The van der Waals surface area contributed by atoms with Crippen molar-refractivity contribution in [2.75, 3.05) is 6.26 Å². The summed E-state index contributed by atoms with van der Waals surface area (Å²) in [5.74, 6) is 0. The van der Waals surface area contributed by atoms with E-state index in [0.29, 0.717) is 11.0 Å². The zero-order valence-corrected chi connectivity index (χ0v) is 7.54. The lowest BCUT2D eigenvalue weighted by Crippen LogP contribution is -2.03. The Morgan fingerprint density at radius 1 is 1.38 bits per heavy atom. The number of rotatable bonds is 1. The van der Waals surface area contributed by atoms with Gasteiger partial charge >= 0.3 is 0 Å². The Hall–Kier alpha value is -1.50. The van der Waals surface area contributed by atoms with Gasteiger partial charge in [-0.05, 0) is 0 Å². The van der Waals surface area contributed by atoms with Gasteiger partial charge in [0.25, 0.3) is 0 Å². The molecule has 1 N–H and O–H groups in total. The first kappa shape index (κ1) is 8.11. The summed E-state index contributed by atoms with van der Waals surface area (Å²) < 4.78 is 22.1. The second-order valence-electron chi connectivity index (χ2n) is 2.60. The highest BCUT2D eigenvalue weighted by molar-refractivity contribution is 7.90. The molecule has 0 aliphatic carbocycles. The van der Waals surface area contributed by atoms with E-state index < -0.39 is 9.84 Å². The summed E-state index contributed by atoms with van der Waals surface area (Å²) in [6.45, 7) is 0. The van der Waals surface area contributed by atoms with Crippen LogP contribution in [0.1, 0.15) is 0 Å². The van der Waals surface area contributed by atoms with Crippen molar-refractivity contribution in [2.45, 2.75) is 5.16 Å². The SMILES string of the molecule is CS(=O)(=O)c1ncc2cn[nH]c2n1. The smallest absolute Gasteiger partial charge is 0.248 e. The summed E-state index contributed by atoms with van der Waals surface area (Å²) in [4.78, 5) is 7.48. The maximum atomic E-state index is 11.0. The summed E-state index contributed by atoms with van der Waals surface area (Å²) in [5.41, 5.74) is 0.426. The van der Waals surface area contributed by atoms with Crippen molar-refractivity contribution in [1.82, 2.24) is 20.2 Å². The van der Waals surface area contributed by atoms with Crippen molar-refractivity contribution in [3.8, 4) is 0 Å². The molecule has 0 saturated carbocycles. The first-order chi connectivity index (χ1) is 6.07. The average molecular weight is 198 g/mol. The number of aromatic amines is 1. The third-order valence-corrected chi connectivity index (χ3v) is 2.36. The van der Waals surface area contributed by atoms with Crippen LogP contribution >= 0.6 is 0 Å².